The standard InChI is InChI=1S/C12H22O3/c1-5-15-10(13)12(9(2)3)8-6-7-11(12,4)14/h9,14H,5-8H2,1-4H3. The first-order chi connectivity index (χ1) is 6.88. The van der Waals surface area contributed by atoms with Crippen LogP contribution in [0.4, 0.5) is 0 Å². The Balaban J connectivity index is 3.03. The van der Waals surface area contributed by atoms with E-state index in [9.17, 15) is 9.90 Å². The Morgan fingerprint density at radius 1 is 1.47 bits per heavy atom. The third-order valence-electron chi connectivity index (χ3n) is 3.82. The first-order valence-electron chi connectivity index (χ1n) is 5.78. The highest BCUT2D eigenvalue weighted by Crippen LogP contribution is 2.52. The maximum absolute atomic E-state index is 12.0. The minimum Gasteiger partial charge on any atom is -0.465 e. The van der Waals surface area contributed by atoms with Crippen molar-refractivity contribution < 1.29 is 14.6 Å². The summed E-state index contributed by atoms with van der Waals surface area (Å²) in [4.78, 5) is 12.0. The van der Waals surface area contributed by atoms with Crippen LogP contribution >= 0.6 is 0 Å². The summed E-state index contributed by atoms with van der Waals surface area (Å²) >= 11 is 0. The number of rotatable bonds is 3. The number of hydrogen-bond donors (Lipinski definition) is 1. The quantitative estimate of drug-likeness (QED) is 0.732. The van der Waals surface area contributed by atoms with E-state index in [1.165, 1.54) is 0 Å². The summed E-state index contributed by atoms with van der Waals surface area (Å²) in [5.74, 6) is -0.128. The summed E-state index contributed by atoms with van der Waals surface area (Å²) in [6.45, 7) is 7.91. The van der Waals surface area contributed by atoms with Crippen LogP contribution in [0.25, 0.3) is 0 Å². The van der Waals surface area contributed by atoms with Crippen molar-refractivity contribution in [3.63, 3.8) is 0 Å². The van der Waals surface area contributed by atoms with Gasteiger partial charge in [-0.2, -0.15) is 0 Å². The topological polar surface area (TPSA) is 46.5 Å². The average Bonchev–Trinajstić information content (AvgIpc) is 2.42. The molecule has 88 valence electrons. The summed E-state index contributed by atoms with van der Waals surface area (Å²) in [5.41, 5.74) is -1.63. The number of carbonyl (C=O) groups is 1. The largest absolute Gasteiger partial charge is 0.465 e. The van der Waals surface area contributed by atoms with E-state index in [4.69, 9.17) is 4.74 Å². The molecule has 1 aliphatic rings. The molecule has 0 aromatic rings. The molecule has 3 nitrogen and oxygen atoms in total. The second kappa shape index (κ2) is 4.12. The molecule has 1 aliphatic carbocycles. The highest BCUT2D eigenvalue weighted by Gasteiger charge is 2.58. The molecule has 1 rings (SSSR count). The molecule has 0 aliphatic heterocycles. The number of ether oxygens (including phenoxy) is 1. The minimum atomic E-state index is -0.923. The van der Waals surface area contributed by atoms with Crippen molar-refractivity contribution in [3.05, 3.63) is 0 Å². The van der Waals surface area contributed by atoms with Crippen molar-refractivity contribution in [2.75, 3.05) is 6.61 Å². The lowest BCUT2D eigenvalue weighted by Crippen LogP contribution is -2.51. The molecule has 0 aromatic carbocycles. The van der Waals surface area contributed by atoms with Crippen LogP contribution in [-0.2, 0) is 9.53 Å². The molecule has 0 heterocycles. The molecule has 3 heteroatoms. The van der Waals surface area contributed by atoms with Crippen LogP contribution in [0.5, 0.6) is 0 Å². The fourth-order valence-corrected chi connectivity index (χ4v) is 2.93. The van der Waals surface area contributed by atoms with Crippen molar-refractivity contribution in [1.82, 2.24) is 0 Å². The van der Waals surface area contributed by atoms with Gasteiger partial charge in [-0.3, -0.25) is 4.79 Å². The summed E-state index contributed by atoms with van der Waals surface area (Å²) in [7, 11) is 0. The number of hydrogen-bond acceptors (Lipinski definition) is 3. The van der Waals surface area contributed by atoms with E-state index < -0.39 is 11.0 Å². The Morgan fingerprint density at radius 3 is 2.40 bits per heavy atom. The molecule has 2 atom stereocenters. The third-order valence-corrected chi connectivity index (χ3v) is 3.82. The first-order valence-corrected chi connectivity index (χ1v) is 5.78. The lowest BCUT2D eigenvalue weighted by molar-refractivity contribution is -0.175. The second-order valence-corrected chi connectivity index (χ2v) is 4.97. The summed E-state index contributed by atoms with van der Waals surface area (Å²) in [5, 5.41) is 10.4. The van der Waals surface area contributed by atoms with Crippen molar-refractivity contribution in [1.29, 1.82) is 0 Å². The van der Waals surface area contributed by atoms with Crippen LogP contribution in [0, 0.1) is 11.3 Å². The predicted molar refractivity (Wildman–Crippen MR) is 58.4 cm³/mol. The van der Waals surface area contributed by atoms with Gasteiger partial charge in [0.25, 0.3) is 0 Å². The molecule has 15 heavy (non-hydrogen) atoms. The van der Waals surface area contributed by atoms with Crippen LogP contribution in [0.2, 0.25) is 0 Å². The molecule has 0 bridgehead atoms. The van der Waals surface area contributed by atoms with E-state index in [1.807, 2.05) is 13.8 Å². The molecular weight excluding hydrogens is 192 g/mol. The fraction of sp³-hybridized carbons (Fsp3) is 0.917. The van der Waals surface area contributed by atoms with Gasteiger partial charge in [-0.05, 0) is 39.0 Å². The van der Waals surface area contributed by atoms with Gasteiger partial charge in [-0.1, -0.05) is 13.8 Å². The third kappa shape index (κ3) is 1.78. The lowest BCUT2D eigenvalue weighted by atomic mass is 9.67. The SMILES string of the molecule is CCOC(=O)C1(C(C)C)CCCC1(C)O. The van der Waals surface area contributed by atoms with E-state index >= 15 is 0 Å². The normalized spacial score (nSPS) is 35.9. The first kappa shape index (κ1) is 12.5. The fourth-order valence-electron chi connectivity index (χ4n) is 2.93. The lowest BCUT2D eigenvalue weighted by Gasteiger charge is -2.40. The van der Waals surface area contributed by atoms with Gasteiger partial charge in [-0.15, -0.1) is 0 Å². The summed E-state index contributed by atoms with van der Waals surface area (Å²) in [6, 6.07) is 0. The van der Waals surface area contributed by atoms with Gasteiger partial charge in [0, 0.05) is 0 Å². The maximum Gasteiger partial charge on any atom is 0.315 e. The molecule has 0 radical (unpaired) electrons. The molecule has 2 unspecified atom stereocenters. The highest BCUT2D eigenvalue weighted by molar-refractivity contribution is 5.79. The Labute approximate surface area is 91.8 Å². The molecule has 1 saturated carbocycles. The zero-order valence-corrected chi connectivity index (χ0v) is 10.2. The van der Waals surface area contributed by atoms with E-state index in [-0.39, 0.29) is 11.9 Å². The maximum atomic E-state index is 12.0. The van der Waals surface area contributed by atoms with Gasteiger partial charge in [0.1, 0.15) is 0 Å². The van der Waals surface area contributed by atoms with E-state index in [1.54, 1.807) is 13.8 Å². The summed E-state index contributed by atoms with van der Waals surface area (Å²) in [6.07, 6.45) is 2.31. The average molecular weight is 214 g/mol. The van der Waals surface area contributed by atoms with Gasteiger partial charge in [-0.25, -0.2) is 0 Å². The molecule has 0 saturated heterocycles. The van der Waals surface area contributed by atoms with Gasteiger partial charge >= 0.3 is 5.97 Å². The highest BCUT2D eigenvalue weighted by atomic mass is 16.5. The Kier molecular flexibility index (Phi) is 3.44. The van der Waals surface area contributed by atoms with Crippen LogP contribution in [0.15, 0.2) is 0 Å². The zero-order chi connectivity index (χ0) is 11.7. The van der Waals surface area contributed by atoms with Crippen molar-refractivity contribution in [2.24, 2.45) is 11.3 Å². The smallest absolute Gasteiger partial charge is 0.315 e. The van der Waals surface area contributed by atoms with Crippen LogP contribution in [0.3, 0.4) is 0 Å². The Morgan fingerprint density at radius 2 is 2.07 bits per heavy atom. The van der Waals surface area contributed by atoms with Gasteiger partial charge < -0.3 is 9.84 Å². The second-order valence-electron chi connectivity index (χ2n) is 4.97. The number of esters is 1. The monoisotopic (exact) mass is 214 g/mol. The molecule has 0 aromatic heterocycles. The summed E-state index contributed by atoms with van der Waals surface area (Å²) < 4.78 is 5.13. The van der Waals surface area contributed by atoms with Gasteiger partial charge in [0.05, 0.1) is 17.6 Å². The number of carbonyl (C=O) groups excluding carboxylic acids is 1. The number of aliphatic hydroxyl groups is 1. The van der Waals surface area contributed by atoms with Crippen molar-refractivity contribution in [3.8, 4) is 0 Å². The van der Waals surface area contributed by atoms with Gasteiger partial charge in [0.2, 0.25) is 0 Å². The molecule has 1 N–H and O–H groups in total. The Bertz CT molecular complexity index is 245. The minimum absolute atomic E-state index is 0.106. The molecule has 0 spiro atoms. The Hall–Kier alpha value is -0.570. The van der Waals surface area contributed by atoms with E-state index in [0.717, 1.165) is 12.8 Å². The van der Waals surface area contributed by atoms with E-state index in [0.29, 0.717) is 13.0 Å². The van der Waals surface area contributed by atoms with E-state index in [2.05, 4.69) is 0 Å². The molecule has 1 fully saturated rings. The van der Waals surface area contributed by atoms with Crippen molar-refractivity contribution >= 4 is 5.97 Å². The van der Waals surface area contributed by atoms with Crippen molar-refractivity contribution in [2.45, 2.75) is 52.6 Å². The van der Waals surface area contributed by atoms with Crippen LogP contribution in [-0.4, -0.2) is 23.3 Å². The molecular formula is C12H22O3. The van der Waals surface area contributed by atoms with Crippen LogP contribution < -0.4 is 0 Å². The van der Waals surface area contributed by atoms with Gasteiger partial charge in [0.15, 0.2) is 0 Å². The zero-order valence-electron chi connectivity index (χ0n) is 10.2. The predicted octanol–water partition coefficient (Wildman–Crippen LogP) is 2.13. The van der Waals surface area contributed by atoms with Crippen LogP contribution in [0.1, 0.15) is 47.0 Å². The molecule has 0 amide bonds.